The van der Waals surface area contributed by atoms with Crippen LogP contribution < -0.4 is 5.32 Å². The summed E-state index contributed by atoms with van der Waals surface area (Å²) in [7, 11) is 0. The highest BCUT2D eigenvalue weighted by Gasteiger charge is 2.46. The van der Waals surface area contributed by atoms with E-state index >= 15 is 0 Å². The van der Waals surface area contributed by atoms with Gasteiger partial charge >= 0.3 is 5.97 Å². The Hall–Kier alpha value is -0.0300. The molecule has 1 saturated carbocycles. The molecule has 92 valence electrons. The van der Waals surface area contributed by atoms with Crippen LogP contribution in [0.15, 0.2) is 0 Å². The van der Waals surface area contributed by atoms with Crippen LogP contribution in [0.4, 0.5) is 0 Å². The van der Waals surface area contributed by atoms with Gasteiger partial charge < -0.3 is 15.5 Å². The third-order valence-electron chi connectivity index (χ3n) is 3.51. The fourth-order valence-corrected chi connectivity index (χ4v) is 3.80. The van der Waals surface area contributed by atoms with Gasteiger partial charge in [0, 0.05) is 22.7 Å². The number of hydrogen-bond acceptors (Lipinski definition) is 3. The molecule has 0 bridgehead atoms. The van der Waals surface area contributed by atoms with E-state index in [1.54, 1.807) is 0 Å². The van der Waals surface area contributed by atoms with Gasteiger partial charge in [0.25, 0.3) is 0 Å². The second-order valence-electron chi connectivity index (χ2n) is 4.63. The Morgan fingerprint density at radius 1 is 1.25 bits per heavy atom. The molecule has 6 atom stereocenters. The molecular weight excluding hydrogens is 253 g/mol. The molecule has 3 N–H and O–H groups in total. The maximum atomic E-state index is 10.9. The van der Waals surface area contributed by atoms with Crippen molar-refractivity contribution < 1.29 is 15.0 Å². The monoisotopic (exact) mass is 267 g/mol. The van der Waals surface area contributed by atoms with Gasteiger partial charge in [-0.2, -0.15) is 0 Å². The Morgan fingerprint density at radius 3 is 2.56 bits per heavy atom. The van der Waals surface area contributed by atoms with Crippen LogP contribution in [-0.2, 0) is 4.79 Å². The van der Waals surface area contributed by atoms with Crippen LogP contribution in [0.1, 0.15) is 19.3 Å². The molecule has 0 aromatic heterocycles. The van der Waals surface area contributed by atoms with Gasteiger partial charge in [0.15, 0.2) is 0 Å². The molecule has 2 aliphatic rings. The molecule has 2 fully saturated rings. The summed E-state index contributed by atoms with van der Waals surface area (Å²) in [4.78, 5) is 10.9. The van der Waals surface area contributed by atoms with Gasteiger partial charge in [0.05, 0.1) is 6.10 Å². The zero-order chi connectivity index (χ0) is 11.9. The number of nitrogens with one attached hydrogen (secondary N) is 1. The molecule has 1 aliphatic carbocycles. The SMILES string of the molecule is O=C(O)C1CC(O)C2C(Cl)CC(Cl)CC2N1. The first kappa shape index (κ1) is 12.4. The summed E-state index contributed by atoms with van der Waals surface area (Å²) in [5, 5.41) is 21.7. The minimum Gasteiger partial charge on any atom is -0.480 e. The number of rotatable bonds is 1. The van der Waals surface area contributed by atoms with E-state index in [4.69, 9.17) is 28.3 Å². The van der Waals surface area contributed by atoms with Crippen molar-refractivity contribution in [1.82, 2.24) is 5.32 Å². The molecule has 1 saturated heterocycles. The molecule has 16 heavy (non-hydrogen) atoms. The number of aliphatic hydroxyl groups excluding tert-OH is 1. The van der Waals surface area contributed by atoms with Crippen LogP contribution in [0.5, 0.6) is 0 Å². The van der Waals surface area contributed by atoms with Crippen LogP contribution in [0, 0.1) is 5.92 Å². The predicted octanol–water partition coefficient (Wildman–Crippen LogP) is 0.787. The molecule has 0 radical (unpaired) electrons. The lowest BCUT2D eigenvalue weighted by molar-refractivity contribution is -0.143. The minimum atomic E-state index is -0.930. The fourth-order valence-electron chi connectivity index (χ4n) is 2.77. The number of halogens is 2. The highest BCUT2D eigenvalue weighted by molar-refractivity contribution is 6.24. The Morgan fingerprint density at radius 2 is 1.94 bits per heavy atom. The first-order chi connectivity index (χ1) is 7.49. The molecule has 6 heteroatoms. The number of carbonyl (C=O) groups is 1. The van der Waals surface area contributed by atoms with Crippen molar-refractivity contribution >= 4 is 29.2 Å². The topological polar surface area (TPSA) is 69.6 Å². The number of fused-ring (bicyclic) bond motifs is 1. The number of piperidine rings is 1. The van der Waals surface area contributed by atoms with Crippen molar-refractivity contribution in [2.24, 2.45) is 5.92 Å². The largest absolute Gasteiger partial charge is 0.480 e. The molecule has 6 unspecified atom stereocenters. The van der Waals surface area contributed by atoms with E-state index in [2.05, 4.69) is 5.32 Å². The van der Waals surface area contributed by atoms with E-state index in [0.717, 1.165) is 0 Å². The lowest BCUT2D eigenvalue weighted by atomic mass is 9.75. The molecule has 0 spiro atoms. The van der Waals surface area contributed by atoms with Gasteiger partial charge in [-0.3, -0.25) is 4.79 Å². The highest BCUT2D eigenvalue weighted by atomic mass is 35.5. The number of hydrogen-bond donors (Lipinski definition) is 3. The number of aliphatic carboxylic acids is 1. The van der Waals surface area contributed by atoms with Crippen LogP contribution in [0.3, 0.4) is 0 Å². The maximum absolute atomic E-state index is 10.9. The van der Waals surface area contributed by atoms with E-state index in [-0.39, 0.29) is 29.1 Å². The van der Waals surface area contributed by atoms with Gasteiger partial charge in [-0.15, -0.1) is 23.2 Å². The predicted molar refractivity (Wildman–Crippen MR) is 61.0 cm³/mol. The normalized spacial score (nSPS) is 48.4. The summed E-state index contributed by atoms with van der Waals surface area (Å²) in [6.45, 7) is 0. The lowest BCUT2D eigenvalue weighted by Crippen LogP contribution is -2.61. The Balaban J connectivity index is 2.11. The van der Waals surface area contributed by atoms with E-state index in [1.165, 1.54) is 0 Å². The number of carboxylic acid groups (broad SMARTS) is 1. The molecule has 1 aliphatic heterocycles. The molecule has 2 rings (SSSR count). The first-order valence-corrected chi connectivity index (χ1v) is 6.31. The highest BCUT2D eigenvalue weighted by Crippen LogP contribution is 2.37. The molecule has 0 amide bonds. The van der Waals surface area contributed by atoms with Gasteiger partial charge in [-0.05, 0) is 19.3 Å². The molecule has 4 nitrogen and oxygen atoms in total. The van der Waals surface area contributed by atoms with Crippen molar-refractivity contribution in [2.75, 3.05) is 0 Å². The van der Waals surface area contributed by atoms with Crippen LogP contribution in [-0.4, -0.2) is 45.1 Å². The van der Waals surface area contributed by atoms with Crippen molar-refractivity contribution in [3.05, 3.63) is 0 Å². The zero-order valence-electron chi connectivity index (χ0n) is 8.64. The van der Waals surface area contributed by atoms with Gasteiger partial charge in [0.2, 0.25) is 0 Å². The van der Waals surface area contributed by atoms with Crippen LogP contribution in [0.2, 0.25) is 0 Å². The summed E-state index contributed by atoms with van der Waals surface area (Å²) in [5.41, 5.74) is 0. The third-order valence-corrected chi connectivity index (χ3v) is 4.33. The second kappa shape index (κ2) is 4.69. The summed E-state index contributed by atoms with van der Waals surface area (Å²) in [6, 6.07) is -0.786. The Bertz CT molecular complexity index is 289. The standard InChI is InChI=1S/C10H15Cl2NO3/c11-4-1-5(12)9-6(2-4)13-7(10(15)16)3-8(9)14/h4-9,13-14H,1-3H2,(H,15,16). The average Bonchev–Trinajstić information content (AvgIpc) is 2.15. The van der Waals surface area contributed by atoms with Gasteiger partial charge in [-0.1, -0.05) is 0 Å². The van der Waals surface area contributed by atoms with Crippen LogP contribution >= 0.6 is 23.2 Å². The smallest absolute Gasteiger partial charge is 0.320 e. The molecule has 0 aromatic rings. The molecule has 0 aromatic carbocycles. The van der Waals surface area contributed by atoms with E-state index in [9.17, 15) is 9.90 Å². The van der Waals surface area contributed by atoms with Crippen molar-refractivity contribution in [3.8, 4) is 0 Å². The minimum absolute atomic E-state index is 0.0454. The molecule has 1 heterocycles. The quantitative estimate of drug-likeness (QED) is 0.615. The van der Waals surface area contributed by atoms with E-state index < -0.39 is 18.1 Å². The number of aliphatic hydroxyl groups is 1. The van der Waals surface area contributed by atoms with Crippen molar-refractivity contribution in [3.63, 3.8) is 0 Å². The summed E-state index contributed by atoms with van der Waals surface area (Å²) < 4.78 is 0. The average molecular weight is 268 g/mol. The Kier molecular flexibility index (Phi) is 3.64. The van der Waals surface area contributed by atoms with Crippen molar-refractivity contribution in [1.29, 1.82) is 0 Å². The number of alkyl halides is 2. The zero-order valence-corrected chi connectivity index (χ0v) is 10.2. The maximum Gasteiger partial charge on any atom is 0.320 e. The Labute approximate surface area is 104 Å². The fraction of sp³-hybridized carbons (Fsp3) is 0.900. The second-order valence-corrected chi connectivity index (χ2v) is 5.81. The number of carboxylic acids is 1. The summed E-state index contributed by atoms with van der Waals surface area (Å²) >= 11 is 12.2. The van der Waals surface area contributed by atoms with Gasteiger partial charge in [-0.25, -0.2) is 0 Å². The summed E-state index contributed by atoms with van der Waals surface area (Å²) in [6.07, 6.45) is 0.892. The van der Waals surface area contributed by atoms with Crippen molar-refractivity contribution in [2.45, 2.75) is 48.2 Å². The third kappa shape index (κ3) is 2.30. The van der Waals surface area contributed by atoms with E-state index in [1.807, 2.05) is 0 Å². The van der Waals surface area contributed by atoms with Crippen LogP contribution in [0.25, 0.3) is 0 Å². The van der Waals surface area contributed by atoms with E-state index in [0.29, 0.717) is 12.8 Å². The molecular formula is C10H15Cl2NO3. The first-order valence-electron chi connectivity index (χ1n) is 5.44. The summed E-state index contributed by atoms with van der Waals surface area (Å²) in [5.74, 6) is -1.02. The van der Waals surface area contributed by atoms with Gasteiger partial charge in [0.1, 0.15) is 6.04 Å². The lowest BCUT2D eigenvalue weighted by Gasteiger charge is -2.45.